The van der Waals surface area contributed by atoms with Crippen LogP contribution in [0, 0.1) is 3.57 Å². The third-order valence-electron chi connectivity index (χ3n) is 3.99. The van der Waals surface area contributed by atoms with Crippen molar-refractivity contribution in [3.05, 3.63) is 16.1 Å². The van der Waals surface area contributed by atoms with E-state index in [4.69, 9.17) is 4.74 Å². The lowest BCUT2D eigenvalue weighted by Gasteiger charge is -2.35. The lowest BCUT2D eigenvalue weighted by molar-refractivity contribution is -0.116. The Morgan fingerprint density at radius 2 is 2.22 bits per heavy atom. The minimum absolute atomic E-state index is 0.200. The van der Waals surface area contributed by atoms with Crippen molar-refractivity contribution in [1.82, 2.24) is 14.5 Å². The van der Waals surface area contributed by atoms with E-state index in [1.54, 1.807) is 6.20 Å². The molecule has 23 heavy (non-hydrogen) atoms. The van der Waals surface area contributed by atoms with Gasteiger partial charge in [-0.2, -0.15) is 0 Å². The van der Waals surface area contributed by atoms with Gasteiger partial charge in [-0.1, -0.05) is 0 Å². The van der Waals surface area contributed by atoms with E-state index in [9.17, 15) is 20.5 Å². The van der Waals surface area contributed by atoms with Crippen LogP contribution in [0.3, 0.4) is 0 Å². The molecule has 2 aromatic heterocycles. The zero-order chi connectivity index (χ0) is 17.0. The second kappa shape index (κ2) is 5.75. The number of hydrogen-bond donors (Lipinski definition) is 5. The summed E-state index contributed by atoms with van der Waals surface area (Å²) in [6.07, 6.45) is 0.584. The summed E-state index contributed by atoms with van der Waals surface area (Å²) < 4.78 is 6.31. The average Bonchev–Trinajstić information content (AvgIpc) is 2.96. The van der Waals surface area contributed by atoms with Crippen LogP contribution in [0.1, 0.15) is 6.92 Å². The van der Waals surface area contributed by atoms with Gasteiger partial charge in [0.2, 0.25) is 4.63 Å². The smallest absolute Gasteiger partial charge is 0.235 e. The van der Waals surface area contributed by atoms with Crippen LogP contribution in [0.25, 0.3) is 11.0 Å². The average molecular weight is 501 g/mol. The van der Waals surface area contributed by atoms with E-state index in [-0.39, 0.29) is 5.82 Å². The summed E-state index contributed by atoms with van der Waals surface area (Å²) in [4.78, 5) is 8.11. The molecular formula is C12H14BrIN4O5. The SMILES string of the molecule is CC1(O)[C@H](O)[C@@H](CO)O[C@@]1(Br)n1cc(I)c2c(NO)ncnc21. The number of aliphatic hydroxyl groups is 3. The molecule has 0 radical (unpaired) electrons. The maximum Gasteiger partial charge on any atom is 0.235 e. The van der Waals surface area contributed by atoms with E-state index in [0.29, 0.717) is 14.6 Å². The fraction of sp³-hybridized carbons (Fsp3) is 0.500. The minimum atomic E-state index is -1.76. The highest BCUT2D eigenvalue weighted by atomic mass is 127. The number of anilines is 1. The second-order valence-electron chi connectivity index (χ2n) is 5.37. The predicted octanol–water partition coefficient (Wildman–Crippen LogP) is 0.345. The Bertz CT molecular complexity index is 756. The molecule has 1 fully saturated rings. The number of aliphatic hydroxyl groups excluding tert-OH is 2. The van der Waals surface area contributed by atoms with E-state index in [2.05, 4.69) is 25.9 Å². The van der Waals surface area contributed by atoms with Gasteiger partial charge >= 0.3 is 0 Å². The van der Waals surface area contributed by atoms with Crippen molar-refractivity contribution in [3.63, 3.8) is 0 Å². The van der Waals surface area contributed by atoms with Gasteiger partial charge in [0.1, 0.15) is 29.8 Å². The molecule has 1 aliphatic heterocycles. The van der Waals surface area contributed by atoms with Crippen LogP contribution in [0.15, 0.2) is 12.5 Å². The number of alkyl halides is 1. The first-order valence-corrected chi connectivity index (χ1v) is 8.45. The summed E-state index contributed by atoms with van der Waals surface area (Å²) in [5.74, 6) is 0.200. The Labute approximate surface area is 152 Å². The Morgan fingerprint density at radius 3 is 2.78 bits per heavy atom. The summed E-state index contributed by atoms with van der Waals surface area (Å²) >= 11 is 5.38. The third kappa shape index (κ3) is 2.29. The molecule has 4 atom stereocenters. The van der Waals surface area contributed by atoms with Crippen LogP contribution >= 0.6 is 38.5 Å². The van der Waals surface area contributed by atoms with Crippen LogP contribution < -0.4 is 5.48 Å². The molecule has 0 saturated carbocycles. The van der Waals surface area contributed by atoms with Crippen molar-refractivity contribution in [2.45, 2.75) is 29.4 Å². The highest BCUT2D eigenvalue weighted by Gasteiger charge is 2.63. The summed E-state index contributed by atoms with van der Waals surface area (Å²) in [7, 11) is 0. The number of hydrogen-bond acceptors (Lipinski definition) is 8. The lowest BCUT2D eigenvalue weighted by Crippen LogP contribution is -2.52. The largest absolute Gasteiger partial charge is 0.394 e. The van der Waals surface area contributed by atoms with E-state index in [1.807, 2.05) is 28.1 Å². The fourth-order valence-electron chi connectivity index (χ4n) is 2.69. The minimum Gasteiger partial charge on any atom is -0.394 e. The van der Waals surface area contributed by atoms with Crippen LogP contribution in [0.2, 0.25) is 0 Å². The molecule has 126 valence electrons. The molecule has 2 aromatic rings. The van der Waals surface area contributed by atoms with Crippen molar-refractivity contribution in [2.75, 3.05) is 12.1 Å². The molecule has 3 heterocycles. The molecule has 0 spiro atoms. The van der Waals surface area contributed by atoms with Gasteiger partial charge in [0.15, 0.2) is 5.82 Å². The van der Waals surface area contributed by atoms with E-state index in [1.165, 1.54) is 17.8 Å². The Balaban J connectivity index is 2.24. The normalized spacial score (nSPS) is 34.2. The molecule has 11 heteroatoms. The predicted molar refractivity (Wildman–Crippen MR) is 91.1 cm³/mol. The first-order chi connectivity index (χ1) is 10.8. The highest BCUT2D eigenvalue weighted by Crippen LogP contribution is 2.50. The number of ether oxygens (including phenoxy) is 1. The van der Waals surface area contributed by atoms with Gasteiger partial charge in [0.25, 0.3) is 0 Å². The van der Waals surface area contributed by atoms with Crippen molar-refractivity contribution in [3.8, 4) is 0 Å². The molecule has 0 aliphatic carbocycles. The van der Waals surface area contributed by atoms with E-state index in [0.717, 1.165) is 0 Å². The van der Waals surface area contributed by atoms with Gasteiger partial charge in [-0.05, 0) is 45.4 Å². The number of nitrogens with one attached hydrogen (secondary N) is 1. The standard InChI is InChI=1S/C12H14BrIN4O5/c1-11(21)8(20)6(3-19)23-12(11,13)18-2-5(14)7-9(17-22)15-4-16-10(7)18/h2,4,6,8,19-22H,3H2,1H3,(H,15,16,17)/t6-,8-,11?,12+/m1/s1. The summed E-state index contributed by atoms with van der Waals surface area (Å²) in [6, 6.07) is 0. The maximum absolute atomic E-state index is 10.8. The van der Waals surface area contributed by atoms with Crippen molar-refractivity contribution < 1.29 is 25.3 Å². The molecule has 1 unspecified atom stereocenters. The van der Waals surface area contributed by atoms with Crippen LogP contribution in [0.4, 0.5) is 5.82 Å². The van der Waals surface area contributed by atoms with Gasteiger partial charge in [0, 0.05) is 9.77 Å². The number of fused-ring (bicyclic) bond motifs is 1. The Hall–Kier alpha value is -0.570. The Morgan fingerprint density at radius 1 is 1.52 bits per heavy atom. The van der Waals surface area contributed by atoms with Gasteiger partial charge in [-0.25, -0.2) is 9.97 Å². The molecule has 0 amide bonds. The molecule has 5 N–H and O–H groups in total. The van der Waals surface area contributed by atoms with Gasteiger partial charge in [-0.15, -0.1) is 0 Å². The van der Waals surface area contributed by atoms with Crippen LogP contribution in [-0.2, 0) is 9.37 Å². The molecule has 3 rings (SSSR count). The molecule has 9 nitrogen and oxygen atoms in total. The number of halogens is 2. The molecule has 1 saturated heterocycles. The zero-order valence-electron chi connectivity index (χ0n) is 11.8. The van der Waals surface area contributed by atoms with Crippen molar-refractivity contribution in [1.29, 1.82) is 0 Å². The number of aromatic nitrogens is 3. The lowest BCUT2D eigenvalue weighted by atomic mass is 9.96. The first kappa shape index (κ1) is 17.3. The molecule has 1 aliphatic rings. The highest BCUT2D eigenvalue weighted by molar-refractivity contribution is 14.1. The maximum atomic E-state index is 10.8. The van der Waals surface area contributed by atoms with Gasteiger partial charge < -0.3 is 20.1 Å². The molecule has 0 bridgehead atoms. The van der Waals surface area contributed by atoms with Crippen LogP contribution in [0.5, 0.6) is 0 Å². The third-order valence-corrected chi connectivity index (χ3v) is 6.18. The second-order valence-corrected chi connectivity index (χ2v) is 7.61. The fourth-order valence-corrected chi connectivity index (χ4v) is 4.21. The van der Waals surface area contributed by atoms with E-state index >= 15 is 0 Å². The van der Waals surface area contributed by atoms with Crippen molar-refractivity contribution in [2.24, 2.45) is 0 Å². The quantitative estimate of drug-likeness (QED) is 0.231. The number of nitrogens with zero attached hydrogens (tertiary/aromatic N) is 3. The van der Waals surface area contributed by atoms with Gasteiger partial charge in [-0.3, -0.25) is 15.3 Å². The van der Waals surface area contributed by atoms with Crippen LogP contribution in [-0.4, -0.2) is 59.5 Å². The van der Waals surface area contributed by atoms with E-state index < -0.39 is 29.1 Å². The molecular weight excluding hydrogens is 487 g/mol. The zero-order valence-corrected chi connectivity index (χ0v) is 15.6. The first-order valence-electron chi connectivity index (χ1n) is 6.58. The summed E-state index contributed by atoms with van der Waals surface area (Å²) in [6.45, 7) is 0.937. The topological polar surface area (TPSA) is 133 Å². The number of rotatable bonds is 3. The summed E-state index contributed by atoms with van der Waals surface area (Å²) in [5.41, 5.74) is 0.607. The monoisotopic (exact) mass is 500 g/mol. The van der Waals surface area contributed by atoms with Crippen molar-refractivity contribution >= 4 is 55.4 Å². The van der Waals surface area contributed by atoms with Gasteiger partial charge in [0.05, 0.1) is 12.0 Å². The Kier molecular flexibility index (Phi) is 4.32. The summed E-state index contributed by atoms with van der Waals surface area (Å²) in [5, 5.41) is 40.1. The molecule has 0 aromatic carbocycles.